The summed E-state index contributed by atoms with van der Waals surface area (Å²) in [5.74, 6) is -1.11. The highest BCUT2D eigenvalue weighted by Gasteiger charge is 2.35. The molecule has 2 N–H and O–H groups in total. The summed E-state index contributed by atoms with van der Waals surface area (Å²) < 4.78 is 26.6. The molecule has 1 saturated heterocycles. The van der Waals surface area contributed by atoms with Gasteiger partial charge in [-0.1, -0.05) is 19.9 Å². The van der Waals surface area contributed by atoms with Gasteiger partial charge in [0, 0.05) is 30.8 Å². The molecule has 1 heterocycles. The molecule has 20 heavy (non-hydrogen) atoms. The zero-order chi connectivity index (χ0) is 14.8. The molecule has 1 aromatic carbocycles. The molecule has 1 aliphatic rings. The number of nitrogens with zero attached hydrogens (tertiary/aromatic N) is 1. The van der Waals surface area contributed by atoms with Gasteiger partial charge < -0.3 is 10.6 Å². The number of hydrogen-bond donors (Lipinski definition) is 1. The van der Waals surface area contributed by atoms with Crippen LogP contribution in [0.2, 0.25) is 0 Å². The minimum absolute atomic E-state index is 0.390. The van der Waals surface area contributed by atoms with Crippen LogP contribution in [0.3, 0.4) is 0 Å². The first-order valence-corrected chi connectivity index (χ1v) is 7.42. The third kappa shape index (κ3) is 3.18. The molecular formula is C16H24F2N2. The Hall–Kier alpha value is -1.00. The van der Waals surface area contributed by atoms with Crippen LogP contribution in [0.15, 0.2) is 18.2 Å². The van der Waals surface area contributed by atoms with Crippen LogP contribution in [-0.2, 0) is 0 Å². The number of rotatable bonds is 5. The Labute approximate surface area is 120 Å². The van der Waals surface area contributed by atoms with Crippen molar-refractivity contribution in [2.45, 2.75) is 39.2 Å². The molecule has 0 radical (unpaired) electrons. The van der Waals surface area contributed by atoms with Crippen molar-refractivity contribution in [2.24, 2.45) is 11.1 Å². The van der Waals surface area contributed by atoms with Crippen LogP contribution in [0.1, 0.15) is 44.7 Å². The van der Waals surface area contributed by atoms with Crippen LogP contribution in [-0.4, -0.2) is 24.5 Å². The highest BCUT2D eigenvalue weighted by molar-refractivity contribution is 5.22. The second-order valence-electron chi connectivity index (χ2n) is 5.96. The lowest BCUT2D eigenvalue weighted by Crippen LogP contribution is -2.33. The van der Waals surface area contributed by atoms with Gasteiger partial charge in [-0.3, -0.25) is 0 Å². The van der Waals surface area contributed by atoms with Gasteiger partial charge in [-0.2, -0.15) is 0 Å². The number of nitrogens with two attached hydrogens (primary N) is 1. The topological polar surface area (TPSA) is 29.3 Å². The molecule has 1 aliphatic heterocycles. The molecule has 0 bridgehead atoms. The number of hydrogen-bond acceptors (Lipinski definition) is 2. The van der Waals surface area contributed by atoms with Crippen molar-refractivity contribution in [3.63, 3.8) is 0 Å². The van der Waals surface area contributed by atoms with Gasteiger partial charge in [0.05, 0.1) is 0 Å². The van der Waals surface area contributed by atoms with Crippen molar-refractivity contribution in [1.82, 2.24) is 4.90 Å². The Kier molecular flexibility index (Phi) is 4.76. The van der Waals surface area contributed by atoms with E-state index in [2.05, 4.69) is 18.7 Å². The SMILES string of the molecule is CCC1(CC)CCN(CC(N)c2ccc(F)cc2F)C1. The molecule has 0 spiro atoms. The lowest BCUT2D eigenvalue weighted by atomic mass is 9.82. The summed E-state index contributed by atoms with van der Waals surface area (Å²) in [6.07, 6.45) is 3.51. The zero-order valence-corrected chi connectivity index (χ0v) is 12.3. The molecule has 112 valence electrons. The summed E-state index contributed by atoms with van der Waals surface area (Å²) in [6, 6.07) is 3.23. The van der Waals surface area contributed by atoms with Crippen LogP contribution >= 0.6 is 0 Å². The van der Waals surface area contributed by atoms with E-state index in [0.29, 0.717) is 17.5 Å². The van der Waals surface area contributed by atoms with E-state index >= 15 is 0 Å². The quantitative estimate of drug-likeness (QED) is 0.896. The predicted octanol–water partition coefficient (Wildman–Crippen LogP) is 3.48. The molecular weight excluding hydrogens is 258 g/mol. The van der Waals surface area contributed by atoms with Gasteiger partial charge in [0.25, 0.3) is 0 Å². The van der Waals surface area contributed by atoms with Gasteiger partial charge >= 0.3 is 0 Å². The smallest absolute Gasteiger partial charge is 0.130 e. The van der Waals surface area contributed by atoms with Gasteiger partial charge in [-0.05, 0) is 37.3 Å². The van der Waals surface area contributed by atoms with E-state index in [4.69, 9.17) is 5.73 Å². The second-order valence-corrected chi connectivity index (χ2v) is 5.96. The Morgan fingerprint density at radius 2 is 2.00 bits per heavy atom. The normalized spacial score (nSPS) is 20.2. The maximum Gasteiger partial charge on any atom is 0.130 e. The fourth-order valence-electron chi connectivity index (χ4n) is 3.19. The van der Waals surface area contributed by atoms with Crippen molar-refractivity contribution >= 4 is 0 Å². The molecule has 0 saturated carbocycles. The maximum absolute atomic E-state index is 13.7. The minimum Gasteiger partial charge on any atom is -0.323 e. The van der Waals surface area contributed by atoms with E-state index in [0.717, 1.165) is 19.2 Å². The van der Waals surface area contributed by atoms with Crippen molar-refractivity contribution in [1.29, 1.82) is 0 Å². The van der Waals surface area contributed by atoms with E-state index in [1.807, 2.05) is 0 Å². The predicted molar refractivity (Wildman–Crippen MR) is 77.4 cm³/mol. The molecule has 0 aliphatic carbocycles. The monoisotopic (exact) mass is 282 g/mol. The number of likely N-dealkylation sites (tertiary alicyclic amines) is 1. The molecule has 4 heteroatoms. The third-order valence-electron chi connectivity index (χ3n) is 4.83. The average Bonchev–Trinajstić information content (AvgIpc) is 2.82. The molecule has 1 aromatic rings. The van der Waals surface area contributed by atoms with Crippen molar-refractivity contribution in [3.05, 3.63) is 35.4 Å². The Morgan fingerprint density at radius 3 is 2.55 bits per heavy atom. The summed E-state index contributed by atoms with van der Waals surface area (Å²) in [7, 11) is 0. The van der Waals surface area contributed by atoms with Gasteiger partial charge in [0.2, 0.25) is 0 Å². The molecule has 1 unspecified atom stereocenters. The fraction of sp³-hybridized carbons (Fsp3) is 0.625. The zero-order valence-electron chi connectivity index (χ0n) is 12.3. The molecule has 0 amide bonds. The van der Waals surface area contributed by atoms with Crippen molar-refractivity contribution in [3.8, 4) is 0 Å². The highest BCUT2D eigenvalue weighted by Crippen LogP contribution is 2.37. The molecule has 0 aromatic heterocycles. The van der Waals surface area contributed by atoms with Crippen LogP contribution in [0.4, 0.5) is 8.78 Å². The van der Waals surface area contributed by atoms with Gasteiger partial charge in [-0.25, -0.2) is 8.78 Å². The van der Waals surface area contributed by atoms with Gasteiger partial charge in [-0.15, -0.1) is 0 Å². The van der Waals surface area contributed by atoms with Gasteiger partial charge in [0.15, 0.2) is 0 Å². The second kappa shape index (κ2) is 6.19. The largest absolute Gasteiger partial charge is 0.323 e. The summed E-state index contributed by atoms with van der Waals surface area (Å²) in [6.45, 7) is 7.12. The van der Waals surface area contributed by atoms with E-state index < -0.39 is 17.7 Å². The first-order chi connectivity index (χ1) is 9.49. The summed E-state index contributed by atoms with van der Waals surface area (Å²) in [5.41, 5.74) is 6.88. The van der Waals surface area contributed by atoms with Crippen molar-refractivity contribution in [2.75, 3.05) is 19.6 Å². The van der Waals surface area contributed by atoms with E-state index in [1.54, 1.807) is 0 Å². The lowest BCUT2D eigenvalue weighted by Gasteiger charge is -2.27. The standard InChI is InChI=1S/C16H24F2N2/c1-3-16(4-2)7-8-20(11-16)10-15(19)13-6-5-12(17)9-14(13)18/h5-6,9,15H,3-4,7-8,10-11,19H2,1-2H3. The van der Waals surface area contributed by atoms with Crippen LogP contribution in [0, 0.1) is 17.0 Å². The van der Waals surface area contributed by atoms with Crippen LogP contribution < -0.4 is 5.73 Å². The summed E-state index contributed by atoms with van der Waals surface area (Å²) in [4.78, 5) is 2.31. The van der Waals surface area contributed by atoms with Crippen molar-refractivity contribution < 1.29 is 8.78 Å². The lowest BCUT2D eigenvalue weighted by molar-refractivity contribution is 0.232. The van der Waals surface area contributed by atoms with E-state index in [-0.39, 0.29) is 0 Å². The Balaban J connectivity index is 2.00. The first-order valence-electron chi connectivity index (χ1n) is 7.42. The molecule has 1 fully saturated rings. The average molecular weight is 282 g/mol. The van der Waals surface area contributed by atoms with Crippen LogP contribution in [0.5, 0.6) is 0 Å². The highest BCUT2D eigenvalue weighted by atomic mass is 19.1. The van der Waals surface area contributed by atoms with E-state index in [9.17, 15) is 8.78 Å². The molecule has 2 nitrogen and oxygen atoms in total. The molecule has 1 atom stereocenters. The fourth-order valence-corrected chi connectivity index (χ4v) is 3.19. The third-order valence-corrected chi connectivity index (χ3v) is 4.83. The van der Waals surface area contributed by atoms with Gasteiger partial charge in [0.1, 0.15) is 11.6 Å². The Bertz CT molecular complexity index is 458. The van der Waals surface area contributed by atoms with E-state index in [1.165, 1.54) is 31.4 Å². The summed E-state index contributed by atoms with van der Waals surface area (Å²) in [5, 5.41) is 0. The van der Waals surface area contributed by atoms with Crippen LogP contribution in [0.25, 0.3) is 0 Å². The number of halogens is 2. The summed E-state index contributed by atoms with van der Waals surface area (Å²) >= 11 is 0. The maximum atomic E-state index is 13.7. The molecule has 2 rings (SSSR count). The first kappa shape index (κ1) is 15.4. The number of benzene rings is 1. The minimum atomic E-state index is -0.560. The Morgan fingerprint density at radius 1 is 1.30 bits per heavy atom.